The van der Waals surface area contributed by atoms with Crippen LogP contribution in [-0.4, -0.2) is 36.6 Å². The van der Waals surface area contributed by atoms with Crippen LogP contribution in [0.25, 0.3) is 11.3 Å². The van der Waals surface area contributed by atoms with Gasteiger partial charge in [0.05, 0.1) is 18.9 Å². The molecule has 8 heteroatoms. The van der Waals surface area contributed by atoms with E-state index in [2.05, 4.69) is 20.9 Å². The minimum Gasteiger partial charge on any atom is -0.496 e. The number of methoxy groups -OCH3 is 1. The zero-order valence-corrected chi connectivity index (χ0v) is 11.8. The van der Waals surface area contributed by atoms with Gasteiger partial charge >= 0.3 is 6.03 Å². The average molecular weight is 302 g/mol. The van der Waals surface area contributed by atoms with E-state index < -0.39 is 6.04 Å². The number of aromatic nitrogens is 1. The van der Waals surface area contributed by atoms with Gasteiger partial charge in [-0.15, -0.1) is 0 Å². The van der Waals surface area contributed by atoms with Crippen LogP contribution >= 0.6 is 0 Å². The smallest absolute Gasteiger partial charge is 0.315 e. The first-order valence-electron chi connectivity index (χ1n) is 6.59. The molecule has 2 heterocycles. The number of oxazole rings is 1. The van der Waals surface area contributed by atoms with Gasteiger partial charge in [-0.2, -0.15) is 0 Å². The van der Waals surface area contributed by atoms with E-state index in [1.165, 1.54) is 13.5 Å². The number of hydrogen-bond acceptors (Lipinski definition) is 5. The molecule has 0 saturated carbocycles. The van der Waals surface area contributed by atoms with Gasteiger partial charge in [0, 0.05) is 18.3 Å². The third-order valence-corrected chi connectivity index (χ3v) is 3.26. The topological polar surface area (TPSA) is 105 Å². The summed E-state index contributed by atoms with van der Waals surface area (Å²) in [4.78, 5) is 27.0. The van der Waals surface area contributed by atoms with E-state index in [1.807, 2.05) is 0 Å². The maximum Gasteiger partial charge on any atom is 0.315 e. The van der Waals surface area contributed by atoms with Crippen LogP contribution in [0.15, 0.2) is 35.2 Å². The predicted molar refractivity (Wildman–Crippen MR) is 77.4 cm³/mol. The molecule has 1 unspecified atom stereocenters. The standard InChI is InChI=1S/C14H14N4O4/c1-21-11-4-8(2-3-9(11)12-6-15-7-22-12)17-13(19)10-5-16-14(20)18-10/h2-4,6-7,10H,5H2,1H3,(H,17,19)(H2,16,18,20). The van der Waals surface area contributed by atoms with Crippen molar-refractivity contribution in [2.45, 2.75) is 6.04 Å². The zero-order valence-electron chi connectivity index (χ0n) is 11.8. The van der Waals surface area contributed by atoms with Crippen molar-refractivity contribution in [2.24, 2.45) is 0 Å². The van der Waals surface area contributed by atoms with E-state index in [0.29, 0.717) is 17.2 Å². The predicted octanol–water partition coefficient (Wildman–Crippen LogP) is 0.970. The highest BCUT2D eigenvalue weighted by molar-refractivity contribution is 5.99. The lowest BCUT2D eigenvalue weighted by atomic mass is 10.1. The van der Waals surface area contributed by atoms with Gasteiger partial charge in [-0.25, -0.2) is 9.78 Å². The summed E-state index contributed by atoms with van der Waals surface area (Å²) in [6.07, 6.45) is 2.91. The van der Waals surface area contributed by atoms with Gasteiger partial charge < -0.3 is 25.1 Å². The van der Waals surface area contributed by atoms with Crippen molar-refractivity contribution in [3.05, 3.63) is 30.8 Å². The molecule has 3 N–H and O–H groups in total. The van der Waals surface area contributed by atoms with Crippen LogP contribution in [0.5, 0.6) is 5.75 Å². The van der Waals surface area contributed by atoms with E-state index in [1.54, 1.807) is 24.4 Å². The van der Waals surface area contributed by atoms with Gasteiger partial charge in [-0.1, -0.05) is 0 Å². The molecular weight excluding hydrogens is 288 g/mol. The molecule has 1 aliphatic rings. The third-order valence-electron chi connectivity index (χ3n) is 3.26. The molecule has 1 aromatic heterocycles. The fraction of sp³-hybridized carbons (Fsp3) is 0.214. The average Bonchev–Trinajstić information content (AvgIpc) is 3.18. The van der Waals surface area contributed by atoms with Gasteiger partial charge in [0.15, 0.2) is 12.2 Å². The summed E-state index contributed by atoms with van der Waals surface area (Å²) in [6.45, 7) is 0.262. The normalized spacial score (nSPS) is 16.8. The second kappa shape index (κ2) is 5.76. The lowest BCUT2D eigenvalue weighted by Crippen LogP contribution is -2.38. The fourth-order valence-electron chi connectivity index (χ4n) is 2.16. The zero-order chi connectivity index (χ0) is 15.5. The number of urea groups is 1. The summed E-state index contributed by atoms with van der Waals surface area (Å²) in [6, 6.07) is 4.23. The van der Waals surface area contributed by atoms with Crippen molar-refractivity contribution in [1.82, 2.24) is 15.6 Å². The number of anilines is 1. The van der Waals surface area contributed by atoms with Crippen LogP contribution in [0.1, 0.15) is 0 Å². The Balaban J connectivity index is 1.78. The molecule has 1 fully saturated rings. The fourth-order valence-corrected chi connectivity index (χ4v) is 2.16. The highest BCUT2D eigenvalue weighted by Gasteiger charge is 2.26. The van der Waals surface area contributed by atoms with Crippen molar-refractivity contribution in [2.75, 3.05) is 19.0 Å². The van der Waals surface area contributed by atoms with E-state index in [9.17, 15) is 9.59 Å². The van der Waals surface area contributed by atoms with Gasteiger partial charge in [0.1, 0.15) is 11.8 Å². The van der Waals surface area contributed by atoms with Gasteiger partial charge in [-0.3, -0.25) is 4.79 Å². The molecule has 114 valence electrons. The highest BCUT2D eigenvalue weighted by Crippen LogP contribution is 2.32. The first-order chi connectivity index (χ1) is 10.7. The maximum atomic E-state index is 12.0. The quantitative estimate of drug-likeness (QED) is 0.780. The number of rotatable bonds is 4. The Morgan fingerprint density at radius 2 is 2.36 bits per heavy atom. The molecule has 0 spiro atoms. The van der Waals surface area contributed by atoms with Crippen molar-refractivity contribution in [3.63, 3.8) is 0 Å². The minimum absolute atomic E-state index is 0.262. The molecule has 0 radical (unpaired) electrons. The Kier molecular flexibility index (Phi) is 3.65. The van der Waals surface area contributed by atoms with Crippen LogP contribution in [0.3, 0.4) is 0 Å². The summed E-state index contributed by atoms with van der Waals surface area (Å²) < 4.78 is 10.6. The molecule has 2 aromatic rings. The largest absolute Gasteiger partial charge is 0.496 e. The van der Waals surface area contributed by atoms with Crippen LogP contribution < -0.4 is 20.7 Å². The van der Waals surface area contributed by atoms with Gasteiger partial charge in [0.25, 0.3) is 0 Å². The van der Waals surface area contributed by atoms with E-state index in [4.69, 9.17) is 9.15 Å². The number of benzene rings is 1. The van der Waals surface area contributed by atoms with Gasteiger partial charge in [-0.05, 0) is 12.1 Å². The molecule has 1 aliphatic heterocycles. The lowest BCUT2D eigenvalue weighted by Gasteiger charge is -2.12. The summed E-state index contributed by atoms with van der Waals surface area (Å²) in [5.41, 5.74) is 1.29. The molecule has 3 amide bonds. The Bertz CT molecular complexity index is 699. The molecule has 3 rings (SSSR count). The maximum absolute atomic E-state index is 12.0. The summed E-state index contributed by atoms with van der Waals surface area (Å²) in [5.74, 6) is 0.818. The SMILES string of the molecule is COc1cc(NC(=O)C2CNC(=O)N2)ccc1-c1cnco1. The molecular formula is C14H14N4O4. The molecule has 0 bridgehead atoms. The number of amides is 3. The molecule has 0 aliphatic carbocycles. The third kappa shape index (κ3) is 2.71. The first-order valence-corrected chi connectivity index (χ1v) is 6.59. The number of nitrogens with zero attached hydrogens (tertiary/aromatic N) is 1. The number of ether oxygens (including phenoxy) is 1. The van der Waals surface area contributed by atoms with Crippen molar-refractivity contribution < 1.29 is 18.7 Å². The first kappa shape index (κ1) is 13.9. The van der Waals surface area contributed by atoms with E-state index in [-0.39, 0.29) is 18.5 Å². The Morgan fingerprint density at radius 1 is 1.50 bits per heavy atom. The minimum atomic E-state index is -0.590. The Morgan fingerprint density at radius 3 is 3.00 bits per heavy atom. The number of carbonyl (C=O) groups excluding carboxylic acids is 2. The van der Waals surface area contributed by atoms with E-state index in [0.717, 1.165) is 5.56 Å². The second-order valence-electron chi connectivity index (χ2n) is 4.68. The van der Waals surface area contributed by atoms with Crippen LogP contribution in [0.2, 0.25) is 0 Å². The monoisotopic (exact) mass is 302 g/mol. The summed E-state index contributed by atoms with van der Waals surface area (Å²) in [5, 5.41) is 7.78. The van der Waals surface area contributed by atoms with Crippen LogP contribution in [-0.2, 0) is 4.79 Å². The van der Waals surface area contributed by atoms with Crippen molar-refractivity contribution in [1.29, 1.82) is 0 Å². The molecule has 1 saturated heterocycles. The molecule has 1 atom stereocenters. The number of carbonyl (C=O) groups is 2. The summed E-state index contributed by atoms with van der Waals surface area (Å²) in [7, 11) is 1.53. The van der Waals surface area contributed by atoms with Gasteiger partial charge in [0.2, 0.25) is 5.91 Å². The Hall–Kier alpha value is -3.03. The van der Waals surface area contributed by atoms with Crippen LogP contribution in [0.4, 0.5) is 10.5 Å². The molecule has 22 heavy (non-hydrogen) atoms. The number of hydrogen-bond donors (Lipinski definition) is 3. The Labute approximate surface area is 125 Å². The van der Waals surface area contributed by atoms with Crippen molar-refractivity contribution in [3.8, 4) is 17.1 Å². The lowest BCUT2D eigenvalue weighted by molar-refractivity contribution is -0.117. The number of nitrogens with one attached hydrogen (secondary N) is 3. The highest BCUT2D eigenvalue weighted by atomic mass is 16.5. The second-order valence-corrected chi connectivity index (χ2v) is 4.68. The van der Waals surface area contributed by atoms with Crippen LogP contribution in [0, 0.1) is 0 Å². The molecule has 8 nitrogen and oxygen atoms in total. The van der Waals surface area contributed by atoms with E-state index >= 15 is 0 Å². The summed E-state index contributed by atoms with van der Waals surface area (Å²) >= 11 is 0. The van der Waals surface area contributed by atoms with Crippen molar-refractivity contribution >= 4 is 17.6 Å². The molecule has 1 aromatic carbocycles.